The van der Waals surface area contributed by atoms with Crippen LogP contribution >= 0.6 is 0 Å². The molecule has 1 aliphatic rings. The maximum atomic E-state index is 13.2. The molecule has 33 heavy (non-hydrogen) atoms. The minimum Gasteiger partial charge on any atom is -0.492 e. The molecule has 0 saturated carbocycles. The third-order valence-corrected chi connectivity index (χ3v) is 7.52. The molecule has 176 valence electrons. The molecule has 1 N–H and O–H groups in total. The highest BCUT2D eigenvalue weighted by molar-refractivity contribution is 7.89. The highest BCUT2D eigenvalue weighted by atomic mass is 32.2. The van der Waals surface area contributed by atoms with Gasteiger partial charge in [0.05, 0.1) is 22.8 Å². The Kier molecular flexibility index (Phi) is 6.26. The van der Waals surface area contributed by atoms with Gasteiger partial charge in [-0.2, -0.15) is 4.31 Å². The highest BCUT2D eigenvalue weighted by Gasteiger charge is 2.28. The Labute approximate surface area is 191 Å². The van der Waals surface area contributed by atoms with E-state index in [2.05, 4.69) is 10.3 Å². The molecule has 3 heterocycles. The van der Waals surface area contributed by atoms with Crippen LogP contribution in [0.25, 0.3) is 11.1 Å². The van der Waals surface area contributed by atoms with Crippen LogP contribution in [0.4, 0.5) is 5.69 Å². The van der Waals surface area contributed by atoms with Crippen LogP contribution in [0.2, 0.25) is 0 Å². The van der Waals surface area contributed by atoms with Gasteiger partial charge in [0.15, 0.2) is 0 Å². The maximum absolute atomic E-state index is 13.2. The molecule has 1 fully saturated rings. The first-order valence-corrected chi connectivity index (χ1v) is 12.2. The summed E-state index contributed by atoms with van der Waals surface area (Å²) in [4.78, 5) is 30.0. The van der Waals surface area contributed by atoms with Crippen LogP contribution in [-0.4, -0.2) is 47.9 Å². The van der Waals surface area contributed by atoms with Gasteiger partial charge >= 0.3 is 0 Å². The second-order valence-electron chi connectivity index (χ2n) is 7.88. The SMILES string of the molecule is CCOc1ccc(S(=O)(=O)N2CCCCC2)cc1NC(=O)c1c(C)oc2ncn(C)c(=O)c12. The highest BCUT2D eigenvalue weighted by Crippen LogP contribution is 2.31. The van der Waals surface area contributed by atoms with Crippen LogP contribution in [0.5, 0.6) is 5.75 Å². The van der Waals surface area contributed by atoms with Crippen LogP contribution in [0.3, 0.4) is 0 Å². The lowest BCUT2D eigenvalue weighted by Crippen LogP contribution is -2.35. The van der Waals surface area contributed by atoms with Crippen LogP contribution in [-0.2, 0) is 17.1 Å². The molecule has 0 aliphatic carbocycles. The number of nitrogens with one attached hydrogen (secondary N) is 1. The number of rotatable bonds is 6. The van der Waals surface area contributed by atoms with Crippen molar-refractivity contribution in [3.63, 3.8) is 0 Å². The van der Waals surface area contributed by atoms with Gasteiger partial charge in [0, 0.05) is 20.1 Å². The van der Waals surface area contributed by atoms with Gasteiger partial charge in [-0.05, 0) is 44.9 Å². The van der Waals surface area contributed by atoms with E-state index in [4.69, 9.17) is 9.15 Å². The first kappa shape index (κ1) is 23.0. The smallest absolute Gasteiger partial charge is 0.265 e. The van der Waals surface area contributed by atoms with Gasteiger partial charge in [0.2, 0.25) is 15.7 Å². The molecule has 0 spiro atoms. The Bertz CT molecular complexity index is 1370. The number of aromatic nitrogens is 2. The van der Waals surface area contributed by atoms with Crippen molar-refractivity contribution >= 4 is 32.7 Å². The van der Waals surface area contributed by atoms with E-state index in [0.717, 1.165) is 19.3 Å². The fourth-order valence-corrected chi connectivity index (χ4v) is 5.49. The molecule has 10 nitrogen and oxygen atoms in total. The van der Waals surface area contributed by atoms with Crippen molar-refractivity contribution in [2.45, 2.75) is 38.0 Å². The predicted octanol–water partition coefficient (Wildman–Crippen LogP) is 2.66. The van der Waals surface area contributed by atoms with Gasteiger partial charge < -0.3 is 19.0 Å². The van der Waals surface area contributed by atoms with Gasteiger partial charge in [0.1, 0.15) is 23.2 Å². The summed E-state index contributed by atoms with van der Waals surface area (Å²) in [6.45, 7) is 4.60. The van der Waals surface area contributed by atoms with Crippen LogP contribution in [0, 0.1) is 6.92 Å². The van der Waals surface area contributed by atoms with Crippen LogP contribution in [0.1, 0.15) is 42.3 Å². The van der Waals surface area contributed by atoms with E-state index < -0.39 is 21.5 Å². The maximum Gasteiger partial charge on any atom is 0.265 e. The molecule has 4 rings (SSSR count). The summed E-state index contributed by atoms with van der Waals surface area (Å²) in [6.07, 6.45) is 3.95. The molecule has 3 aromatic rings. The molecule has 1 aromatic carbocycles. The molecule has 1 saturated heterocycles. The normalized spacial score (nSPS) is 15.0. The number of anilines is 1. The fourth-order valence-electron chi connectivity index (χ4n) is 3.95. The van der Waals surface area contributed by atoms with E-state index in [1.54, 1.807) is 13.8 Å². The zero-order valence-electron chi connectivity index (χ0n) is 18.8. The Hall–Kier alpha value is -3.18. The van der Waals surface area contributed by atoms with Gasteiger partial charge in [0.25, 0.3) is 11.5 Å². The van der Waals surface area contributed by atoms with Gasteiger partial charge in [-0.1, -0.05) is 6.42 Å². The number of piperidine rings is 1. The summed E-state index contributed by atoms with van der Waals surface area (Å²) in [5, 5.41) is 2.77. The number of sulfonamides is 1. The minimum absolute atomic E-state index is 0.0467. The predicted molar refractivity (Wildman–Crippen MR) is 122 cm³/mol. The molecular weight excluding hydrogens is 448 g/mol. The minimum atomic E-state index is -3.72. The average molecular weight is 475 g/mol. The van der Waals surface area contributed by atoms with E-state index in [-0.39, 0.29) is 33.0 Å². The Morgan fingerprint density at radius 2 is 1.97 bits per heavy atom. The number of carbonyl (C=O) groups is 1. The summed E-state index contributed by atoms with van der Waals surface area (Å²) in [6, 6.07) is 4.39. The van der Waals surface area contributed by atoms with Gasteiger partial charge in [-0.3, -0.25) is 9.59 Å². The Morgan fingerprint density at radius 3 is 2.67 bits per heavy atom. The number of carbonyl (C=O) groups excluding carboxylic acids is 1. The number of hydrogen-bond donors (Lipinski definition) is 1. The molecule has 0 bridgehead atoms. The fraction of sp³-hybridized carbons (Fsp3) is 0.409. The standard InChI is InChI=1S/C22H26N4O6S/c1-4-31-17-9-8-15(33(29,30)26-10-6-5-7-11-26)12-16(17)24-20(27)18-14(2)32-21-19(18)22(28)25(3)13-23-21/h8-9,12-13H,4-7,10-11H2,1-3H3,(H,24,27). The molecule has 2 aromatic heterocycles. The average Bonchev–Trinajstić information content (AvgIpc) is 3.15. The number of ether oxygens (including phenoxy) is 1. The first-order chi connectivity index (χ1) is 15.7. The van der Waals surface area contributed by atoms with E-state index in [0.29, 0.717) is 25.4 Å². The number of furan rings is 1. The lowest BCUT2D eigenvalue weighted by Gasteiger charge is -2.26. The van der Waals surface area contributed by atoms with Gasteiger partial charge in [-0.15, -0.1) is 0 Å². The van der Waals surface area contributed by atoms with E-state index >= 15 is 0 Å². The number of hydrogen-bond acceptors (Lipinski definition) is 7. The summed E-state index contributed by atoms with van der Waals surface area (Å²) in [5.41, 5.74) is -0.125. The summed E-state index contributed by atoms with van der Waals surface area (Å²) < 4.78 is 40.1. The molecule has 0 atom stereocenters. The third kappa shape index (κ3) is 4.25. The van der Waals surface area contributed by atoms with Crippen molar-refractivity contribution in [3.05, 3.63) is 46.2 Å². The molecule has 1 amide bonds. The van der Waals surface area contributed by atoms with E-state index in [9.17, 15) is 18.0 Å². The van der Waals surface area contributed by atoms with E-state index in [1.165, 1.54) is 40.4 Å². The molecule has 0 unspecified atom stereocenters. The van der Waals surface area contributed by atoms with Crippen molar-refractivity contribution in [2.24, 2.45) is 7.05 Å². The number of nitrogens with zero attached hydrogens (tertiary/aromatic N) is 3. The number of fused-ring (bicyclic) bond motifs is 1. The van der Waals surface area contributed by atoms with Crippen molar-refractivity contribution in [1.29, 1.82) is 0 Å². The number of aryl methyl sites for hydroxylation is 2. The Balaban J connectivity index is 1.74. The number of benzene rings is 1. The lowest BCUT2D eigenvalue weighted by atomic mass is 10.1. The van der Waals surface area contributed by atoms with Crippen molar-refractivity contribution in [2.75, 3.05) is 25.0 Å². The quantitative estimate of drug-likeness (QED) is 0.582. The second kappa shape index (κ2) is 8.99. The monoisotopic (exact) mass is 474 g/mol. The zero-order valence-corrected chi connectivity index (χ0v) is 19.6. The molecule has 11 heteroatoms. The van der Waals surface area contributed by atoms with Gasteiger partial charge in [-0.25, -0.2) is 13.4 Å². The zero-order chi connectivity index (χ0) is 23.8. The summed E-state index contributed by atoms with van der Waals surface area (Å²) in [5.74, 6) is -0.0712. The number of amides is 1. The topological polar surface area (TPSA) is 124 Å². The summed E-state index contributed by atoms with van der Waals surface area (Å²) >= 11 is 0. The van der Waals surface area contributed by atoms with Crippen LogP contribution in [0.15, 0.2) is 38.6 Å². The molecular formula is C22H26N4O6S. The van der Waals surface area contributed by atoms with Crippen molar-refractivity contribution < 1.29 is 22.4 Å². The third-order valence-electron chi connectivity index (χ3n) is 5.63. The second-order valence-corrected chi connectivity index (χ2v) is 9.82. The van der Waals surface area contributed by atoms with Crippen molar-refractivity contribution in [1.82, 2.24) is 13.9 Å². The molecule has 0 radical (unpaired) electrons. The van der Waals surface area contributed by atoms with Crippen LogP contribution < -0.4 is 15.6 Å². The van der Waals surface area contributed by atoms with E-state index in [1.807, 2.05) is 0 Å². The lowest BCUT2D eigenvalue weighted by molar-refractivity contribution is 0.102. The largest absolute Gasteiger partial charge is 0.492 e. The Morgan fingerprint density at radius 1 is 1.24 bits per heavy atom. The summed E-state index contributed by atoms with van der Waals surface area (Å²) in [7, 11) is -2.19. The van der Waals surface area contributed by atoms with Crippen molar-refractivity contribution in [3.8, 4) is 5.75 Å². The first-order valence-electron chi connectivity index (χ1n) is 10.8. The molecule has 1 aliphatic heterocycles.